The van der Waals surface area contributed by atoms with E-state index >= 15 is 0 Å². The quantitative estimate of drug-likeness (QED) is 0.544. The minimum Gasteiger partial charge on any atom is -0.390 e. The van der Waals surface area contributed by atoms with Crippen molar-refractivity contribution >= 4 is 0 Å². The largest absolute Gasteiger partial charge is 0.390 e. The van der Waals surface area contributed by atoms with Crippen molar-refractivity contribution in [2.24, 2.45) is 5.92 Å². The lowest BCUT2D eigenvalue weighted by molar-refractivity contribution is -0.0362. The fourth-order valence-corrected chi connectivity index (χ4v) is 2.52. The molecular formula is C9H17NO. The number of rotatable bonds is 0. The molecule has 11 heavy (non-hydrogen) atoms. The average Bonchev–Trinajstić information content (AvgIpc) is 2.29. The van der Waals surface area contributed by atoms with Gasteiger partial charge in [-0.2, -0.15) is 0 Å². The standard InChI is InChI=1S/C9H17NO/c1-6-8-4-3-7(10-8)5-9(6,2)11/h6-8,10-11H,3-5H2,1-2H3. The first-order valence-electron chi connectivity index (χ1n) is 4.58. The molecule has 0 aromatic rings. The Morgan fingerprint density at radius 1 is 1.45 bits per heavy atom. The van der Waals surface area contributed by atoms with E-state index in [-0.39, 0.29) is 0 Å². The van der Waals surface area contributed by atoms with E-state index < -0.39 is 5.60 Å². The van der Waals surface area contributed by atoms with Crippen LogP contribution in [0.1, 0.15) is 33.1 Å². The molecule has 0 spiro atoms. The first-order valence-corrected chi connectivity index (χ1v) is 4.58. The number of fused-ring (bicyclic) bond motifs is 2. The second-order valence-corrected chi connectivity index (χ2v) is 4.40. The first-order chi connectivity index (χ1) is 5.09. The minimum atomic E-state index is -0.420. The van der Waals surface area contributed by atoms with Gasteiger partial charge in [0.05, 0.1) is 5.60 Å². The highest BCUT2D eigenvalue weighted by molar-refractivity contribution is 5.01. The molecule has 2 heterocycles. The zero-order valence-electron chi connectivity index (χ0n) is 7.30. The molecule has 4 unspecified atom stereocenters. The van der Waals surface area contributed by atoms with Crippen molar-refractivity contribution in [2.45, 2.75) is 50.8 Å². The van der Waals surface area contributed by atoms with E-state index in [1.807, 2.05) is 6.92 Å². The molecule has 0 radical (unpaired) electrons. The summed E-state index contributed by atoms with van der Waals surface area (Å²) >= 11 is 0. The molecule has 2 aliphatic heterocycles. The second-order valence-electron chi connectivity index (χ2n) is 4.40. The summed E-state index contributed by atoms with van der Waals surface area (Å²) < 4.78 is 0. The van der Waals surface area contributed by atoms with Gasteiger partial charge in [0, 0.05) is 12.1 Å². The van der Waals surface area contributed by atoms with Crippen LogP contribution in [0.4, 0.5) is 0 Å². The molecule has 2 N–H and O–H groups in total. The van der Waals surface area contributed by atoms with Gasteiger partial charge < -0.3 is 10.4 Å². The number of hydrogen-bond donors (Lipinski definition) is 2. The maximum absolute atomic E-state index is 9.98. The topological polar surface area (TPSA) is 32.3 Å². The molecule has 64 valence electrons. The molecule has 2 nitrogen and oxygen atoms in total. The summed E-state index contributed by atoms with van der Waals surface area (Å²) in [5.74, 6) is 0.418. The molecule has 0 amide bonds. The van der Waals surface area contributed by atoms with E-state index in [4.69, 9.17) is 0 Å². The maximum atomic E-state index is 9.98. The Balaban J connectivity index is 2.18. The smallest absolute Gasteiger partial charge is 0.0674 e. The van der Waals surface area contributed by atoms with Gasteiger partial charge in [-0.15, -0.1) is 0 Å². The predicted molar refractivity (Wildman–Crippen MR) is 44.4 cm³/mol. The lowest BCUT2D eigenvalue weighted by atomic mass is 9.80. The zero-order chi connectivity index (χ0) is 8.06. The van der Waals surface area contributed by atoms with Crippen LogP contribution < -0.4 is 5.32 Å². The Bertz CT molecular complexity index is 167. The van der Waals surface area contributed by atoms with Crippen LogP contribution in [0.15, 0.2) is 0 Å². The highest BCUT2D eigenvalue weighted by atomic mass is 16.3. The fourth-order valence-electron chi connectivity index (χ4n) is 2.52. The van der Waals surface area contributed by atoms with E-state index in [1.165, 1.54) is 12.8 Å². The van der Waals surface area contributed by atoms with E-state index in [0.29, 0.717) is 18.0 Å². The summed E-state index contributed by atoms with van der Waals surface area (Å²) in [7, 11) is 0. The highest BCUT2D eigenvalue weighted by Crippen LogP contribution is 2.37. The molecule has 0 saturated carbocycles. The zero-order valence-corrected chi connectivity index (χ0v) is 7.30. The van der Waals surface area contributed by atoms with Gasteiger partial charge in [-0.25, -0.2) is 0 Å². The van der Waals surface area contributed by atoms with E-state index in [2.05, 4.69) is 12.2 Å². The van der Waals surface area contributed by atoms with Crippen LogP contribution in [0.2, 0.25) is 0 Å². The van der Waals surface area contributed by atoms with Crippen LogP contribution >= 0.6 is 0 Å². The Morgan fingerprint density at radius 2 is 2.18 bits per heavy atom. The van der Waals surface area contributed by atoms with Crippen LogP contribution in [0.3, 0.4) is 0 Å². The molecule has 2 heteroatoms. The highest BCUT2D eigenvalue weighted by Gasteiger charge is 2.44. The molecule has 2 saturated heterocycles. The molecule has 2 rings (SSSR count). The Kier molecular flexibility index (Phi) is 1.52. The second kappa shape index (κ2) is 2.20. The SMILES string of the molecule is CC1C2CCC(CC1(C)O)N2. The summed E-state index contributed by atoms with van der Waals surface area (Å²) in [6.45, 7) is 4.13. The van der Waals surface area contributed by atoms with Crippen molar-refractivity contribution < 1.29 is 5.11 Å². The Hall–Kier alpha value is -0.0800. The van der Waals surface area contributed by atoms with E-state index in [1.54, 1.807) is 0 Å². The third-order valence-electron chi connectivity index (χ3n) is 3.52. The number of piperidine rings is 1. The molecule has 2 fully saturated rings. The van der Waals surface area contributed by atoms with Crippen LogP contribution in [0.25, 0.3) is 0 Å². The molecule has 2 bridgehead atoms. The van der Waals surface area contributed by atoms with Gasteiger partial charge in [-0.1, -0.05) is 6.92 Å². The number of aliphatic hydroxyl groups is 1. The predicted octanol–water partition coefficient (Wildman–Crippen LogP) is 0.898. The van der Waals surface area contributed by atoms with Crippen molar-refractivity contribution in [2.75, 3.05) is 0 Å². The van der Waals surface area contributed by atoms with Gasteiger partial charge in [0.25, 0.3) is 0 Å². The summed E-state index contributed by atoms with van der Waals surface area (Å²) in [5.41, 5.74) is -0.420. The van der Waals surface area contributed by atoms with Gasteiger partial charge in [-0.05, 0) is 32.1 Å². The molecule has 0 aromatic heterocycles. The van der Waals surface area contributed by atoms with Crippen molar-refractivity contribution in [1.29, 1.82) is 0 Å². The van der Waals surface area contributed by atoms with Crippen LogP contribution in [0, 0.1) is 5.92 Å². The van der Waals surface area contributed by atoms with Crippen molar-refractivity contribution in [3.63, 3.8) is 0 Å². The van der Waals surface area contributed by atoms with Crippen molar-refractivity contribution in [3.8, 4) is 0 Å². The lowest BCUT2D eigenvalue weighted by Crippen LogP contribution is -2.53. The Labute approximate surface area is 68.0 Å². The normalized spacial score (nSPS) is 56.5. The lowest BCUT2D eigenvalue weighted by Gasteiger charge is -2.40. The van der Waals surface area contributed by atoms with Gasteiger partial charge >= 0.3 is 0 Å². The van der Waals surface area contributed by atoms with E-state index in [9.17, 15) is 5.11 Å². The molecule has 4 atom stereocenters. The fraction of sp³-hybridized carbons (Fsp3) is 1.00. The minimum absolute atomic E-state index is 0.418. The summed E-state index contributed by atoms with van der Waals surface area (Å²) in [6.07, 6.45) is 3.44. The van der Waals surface area contributed by atoms with Crippen LogP contribution in [0.5, 0.6) is 0 Å². The van der Waals surface area contributed by atoms with Gasteiger partial charge in [0.15, 0.2) is 0 Å². The van der Waals surface area contributed by atoms with Crippen LogP contribution in [-0.2, 0) is 0 Å². The van der Waals surface area contributed by atoms with E-state index in [0.717, 1.165) is 6.42 Å². The molecule has 0 aliphatic carbocycles. The summed E-state index contributed by atoms with van der Waals surface area (Å²) in [5, 5.41) is 13.5. The molecule has 0 aromatic carbocycles. The van der Waals surface area contributed by atoms with Crippen LogP contribution in [-0.4, -0.2) is 22.8 Å². The van der Waals surface area contributed by atoms with Gasteiger partial charge in [0.2, 0.25) is 0 Å². The van der Waals surface area contributed by atoms with Crippen molar-refractivity contribution in [3.05, 3.63) is 0 Å². The summed E-state index contributed by atoms with van der Waals surface area (Å²) in [4.78, 5) is 0. The third kappa shape index (κ3) is 1.09. The number of hydrogen-bond acceptors (Lipinski definition) is 2. The Morgan fingerprint density at radius 3 is 2.91 bits per heavy atom. The summed E-state index contributed by atoms with van der Waals surface area (Å²) in [6, 6.07) is 1.16. The maximum Gasteiger partial charge on any atom is 0.0674 e. The van der Waals surface area contributed by atoms with Gasteiger partial charge in [0.1, 0.15) is 0 Å². The average molecular weight is 155 g/mol. The first kappa shape index (κ1) is 7.56. The third-order valence-corrected chi connectivity index (χ3v) is 3.52. The monoisotopic (exact) mass is 155 g/mol. The van der Waals surface area contributed by atoms with Gasteiger partial charge in [-0.3, -0.25) is 0 Å². The number of nitrogens with one attached hydrogen (secondary N) is 1. The molecular weight excluding hydrogens is 138 g/mol. The molecule has 2 aliphatic rings. The van der Waals surface area contributed by atoms with Crippen molar-refractivity contribution in [1.82, 2.24) is 5.32 Å².